The van der Waals surface area contributed by atoms with Crippen LogP contribution in [0.3, 0.4) is 0 Å². The minimum atomic E-state index is -4.56. The van der Waals surface area contributed by atoms with Crippen molar-refractivity contribution < 1.29 is 32.9 Å². The highest BCUT2D eigenvalue weighted by molar-refractivity contribution is 7.45. The maximum absolute atomic E-state index is 12.8. The summed E-state index contributed by atoms with van der Waals surface area (Å²) in [5.74, 6) is -0.184. The van der Waals surface area contributed by atoms with Gasteiger partial charge in [0.25, 0.3) is 7.82 Å². The number of nitrogens with zero attached hydrogens (tertiary/aromatic N) is 1. The highest BCUT2D eigenvalue weighted by Gasteiger charge is 2.24. The van der Waals surface area contributed by atoms with E-state index in [9.17, 15) is 19.4 Å². The number of rotatable bonds is 38. The van der Waals surface area contributed by atoms with Crippen molar-refractivity contribution >= 4 is 13.7 Å². The van der Waals surface area contributed by atoms with Gasteiger partial charge < -0.3 is 28.8 Å². The number of amides is 1. The van der Waals surface area contributed by atoms with Crippen molar-refractivity contribution in [2.75, 3.05) is 40.9 Å². The van der Waals surface area contributed by atoms with E-state index in [1.807, 2.05) is 21.1 Å². The predicted octanol–water partition coefficient (Wildman–Crippen LogP) is 11.4. The number of phosphoric ester groups is 1. The summed E-state index contributed by atoms with van der Waals surface area (Å²) < 4.78 is 23.1. The lowest BCUT2D eigenvalue weighted by Gasteiger charge is -2.30. The molecule has 0 aromatic rings. The maximum atomic E-state index is 12.8. The fourth-order valence-electron chi connectivity index (χ4n) is 5.75. The van der Waals surface area contributed by atoms with E-state index in [4.69, 9.17) is 9.05 Å². The summed E-state index contributed by atoms with van der Waals surface area (Å²) in [6.45, 7) is 4.50. The van der Waals surface area contributed by atoms with Crippen molar-refractivity contribution in [2.24, 2.45) is 0 Å². The summed E-state index contributed by atoms with van der Waals surface area (Å²) in [5.41, 5.74) is 0. The number of carbonyl (C=O) groups excluding carboxylic acids is 1. The topological polar surface area (TPSA) is 108 Å². The molecule has 3 unspecified atom stereocenters. The molecule has 0 fully saturated rings. The van der Waals surface area contributed by atoms with E-state index in [1.165, 1.54) is 51.4 Å². The van der Waals surface area contributed by atoms with E-state index >= 15 is 0 Å². The Bertz CT molecular complexity index is 1120. The van der Waals surface area contributed by atoms with Crippen LogP contribution in [0, 0.1) is 0 Å². The lowest BCUT2D eigenvalue weighted by molar-refractivity contribution is -0.870. The molecule has 0 bridgehead atoms. The first-order valence-electron chi connectivity index (χ1n) is 21.8. The average molecular weight is 791 g/mol. The van der Waals surface area contributed by atoms with Crippen LogP contribution < -0.4 is 10.2 Å². The van der Waals surface area contributed by atoms with Crippen LogP contribution in [0.2, 0.25) is 0 Å². The van der Waals surface area contributed by atoms with Crippen LogP contribution in [0.1, 0.15) is 162 Å². The summed E-state index contributed by atoms with van der Waals surface area (Å²) in [6, 6.07) is -0.805. The molecule has 8 nitrogen and oxygen atoms in total. The Morgan fingerprint density at radius 2 is 1.11 bits per heavy atom. The largest absolute Gasteiger partial charge is 0.756 e. The number of aliphatic hydroxyl groups excluding tert-OH is 1. The highest BCUT2D eigenvalue weighted by atomic mass is 31.2. The molecule has 2 N–H and O–H groups in total. The fourth-order valence-corrected chi connectivity index (χ4v) is 6.47. The summed E-state index contributed by atoms with van der Waals surface area (Å²) in [4.78, 5) is 25.1. The van der Waals surface area contributed by atoms with Crippen LogP contribution in [0.25, 0.3) is 0 Å². The van der Waals surface area contributed by atoms with Gasteiger partial charge in [0.05, 0.1) is 39.9 Å². The van der Waals surface area contributed by atoms with Crippen LogP contribution in [-0.2, 0) is 18.4 Å². The Hall–Kier alpha value is -2.06. The molecular weight excluding hydrogens is 707 g/mol. The number of nitrogens with one attached hydrogen (secondary N) is 1. The lowest BCUT2D eigenvalue weighted by Crippen LogP contribution is -2.46. The molecule has 0 aromatic heterocycles. The van der Waals surface area contributed by atoms with E-state index in [1.54, 1.807) is 0 Å². The van der Waals surface area contributed by atoms with Crippen molar-refractivity contribution in [3.05, 3.63) is 72.9 Å². The number of aliphatic hydroxyl groups is 1. The fraction of sp³-hybridized carbons (Fsp3) is 0.717. The first kappa shape index (κ1) is 52.9. The van der Waals surface area contributed by atoms with Gasteiger partial charge in [0.1, 0.15) is 13.2 Å². The van der Waals surface area contributed by atoms with Gasteiger partial charge in [-0.3, -0.25) is 9.36 Å². The van der Waals surface area contributed by atoms with Crippen LogP contribution in [0.15, 0.2) is 72.9 Å². The van der Waals surface area contributed by atoms with Crippen LogP contribution in [-0.4, -0.2) is 68.5 Å². The molecule has 0 aliphatic carbocycles. The standard InChI is InChI=1S/C46H83N2O6P/c1-6-8-10-12-14-15-16-17-18-19-20-21-22-23-24-25-26-27-28-29-30-31-32-33-34-36-38-40-46(50)47-44(45(49)39-37-35-13-11-9-7-2)43-54-55(51,52)53-42-41-48(3,4)5/h8,10,14-15,17-18,20-21,23-24,26-27,44-45,49H,6-7,9,11-13,16,19,22,25,28-43H2,1-5H3,(H-,47,50,51,52)/b10-8-,15-14-,18-17-,21-20-,24-23-,27-26-. The average Bonchev–Trinajstić information content (AvgIpc) is 3.13. The summed E-state index contributed by atoms with van der Waals surface area (Å²) >= 11 is 0. The normalized spacial score (nSPS) is 15.1. The Morgan fingerprint density at radius 3 is 1.62 bits per heavy atom. The molecule has 0 saturated heterocycles. The molecule has 0 aromatic carbocycles. The molecular formula is C46H83N2O6P. The van der Waals surface area contributed by atoms with E-state index in [0.717, 1.165) is 83.5 Å². The molecule has 0 spiro atoms. The van der Waals surface area contributed by atoms with Crippen molar-refractivity contribution in [1.82, 2.24) is 5.32 Å². The van der Waals surface area contributed by atoms with Crippen molar-refractivity contribution in [2.45, 2.75) is 174 Å². The number of phosphoric acid groups is 1. The number of hydrogen-bond donors (Lipinski definition) is 2. The summed E-state index contributed by atoms with van der Waals surface area (Å²) in [5, 5.41) is 13.7. The van der Waals surface area contributed by atoms with Gasteiger partial charge in [-0.05, 0) is 64.2 Å². The maximum Gasteiger partial charge on any atom is 0.268 e. The van der Waals surface area contributed by atoms with Crippen LogP contribution in [0.4, 0.5) is 0 Å². The Morgan fingerprint density at radius 1 is 0.655 bits per heavy atom. The molecule has 0 rings (SSSR count). The van der Waals surface area contributed by atoms with Gasteiger partial charge in [-0.1, -0.05) is 164 Å². The van der Waals surface area contributed by atoms with Gasteiger partial charge in [0, 0.05) is 6.42 Å². The van der Waals surface area contributed by atoms with Gasteiger partial charge in [0.2, 0.25) is 5.91 Å². The second-order valence-electron chi connectivity index (χ2n) is 15.7. The van der Waals surface area contributed by atoms with E-state index in [2.05, 4.69) is 92.1 Å². The van der Waals surface area contributed by atoms with Crippen molar-refractivity contribution in [3.8, 4) is 0 Å². The molecule has 0 aliphatic heterocycles. The molecule has 0 aliphatic rings. The van der Waals surface area contributed by atoms with Gasteiger partial charge in [-0.15, -0.1) is 0 Å². The first-order chi connectivity index (χ1) is 26.5. The van der Waals surface area contributed by atoms with E-state index < -0.39 is 20.0 Å². The third-order valence-corrected chi connectivity index (χ3v) is 10.2. The SMILES string of the molecule is CC/C=C\C/C=C\C/C=C\C/C=C\C/C=C\C/C=C\CCCCCCCCCCC(=O)NC(COP(=O)([O-])OCC[N+](C)(C)C)C(O)CCCCCCCC. The Kier molecular flexibility index (Phi) is 36.1. The lowest BCUT2D eigenvalue weighted by atomic mass is 10.0. The number of carbonyl (C=O) groups is 1. The van der Waals surface area contributed by atoms with Crippen molar-refractivity contribution in [1.29, 1.82) is 0 Å². The first-order valence-corrected chi connectivity index (χ1v) is 23.2. The Labute approximate surface area is 338 Å². The molecule has 1 amide bonds. The number of allylic oxidation sites excluding steroid dienone is 12. The zero-order chi connectivity index (χ0) is 40.7. The minimum absolute atomic E-state index is 0.00589. The van der Waals surface area contributed by atoms with Gasteiger partial charge in [0.15, 0.2) is 0 Å². The van der Waals surface area contributed by atoms with Gasteiger partial charge >= 0.3 is 0 Å². The number of quaternary nitrogens is 1. The number of hydrogen-bond acceptors (Lipinski definition) is 6. The predicted molar refractivity (Wildman–Crippen MR) is 233 cm³/mol. The summed E-state index contributed by atoms with van der Waals surface area (Å²) in [6.07, 6.45) is 49.4. The molecule has 318 valence electrons. The molecule has 0 radical (unpaired) electrons. The second-order valence-corrected chi connectivity index (χ2v) is 17.1. The van der Waals surface area contributed by atoms with Gasteiger partial charge in [-0.25, -0.2) is 0 Å². The molecule has 55 heavy (non-hydrogen) atoms. The third kappa shape index (κ3) is 40.0. The molecule has 0 saturated carbocycles. The van der Waals surface area contributed by atoms with E-state index in [-0.39, 0.29) is 19.1 Å². The molecule has 0 heterocycles. The molecule has 9 heteroatoms. The van der Waals surface area contributed by atoms with Crippen LogP contribution >= 0.6 is 7.82 Å². The third-order valence-electron chi connectivity index (χ3n) is 9.21. The summed E-state index contributed by atoms with van der Waals surface area (Å²) in [7, 11) is 1.28. The minimum Gasteiger partial charge on any atom is -0.756 e. The second kappa shape index (κ2) is 37.5. The Balaban J connectivity index is 4.12. The smallest absolute Gasteiger partial charge is 0.268 e. The quantitative estimate of drug-likeness (QED) is 0.0279. The van der Waals surface area contributed by atoms with Crippen LogP contribution in [0.5, 0.6) is 0 Å². The zero-order valence-electron chi connectivity index (χ0n) is 35.9. The zero-order valence-corrected chi connectivity index (χ0v) is 36.7. The monoisotopic (exact) mass is 791 g/mol. The number of likely N-dealkylation sites (N-methyl/N-ethyl adjacent to an activating group) is 1. The molecule has 3 atom stereocenters. The van der Waals surface area contributed by atoms with Crippen molar-refractivity contribution in [3.63, 3.8) is 0 Å². The van der Waals surface area contributed by atoms with E-state index in [0.29, 0.717) is 23.9 Å². The number of unbranched alkanes of at least 4 members (excludes halogenated alkanes) is 13. The highest BCUT2D eigenvalue weighted by Crippen LogP contribution is 2.38. The van der Waals surface area contributed by atoms with Gasteiger partial charge in [-0.2, -0.15) is 0 Å².